The molecule has 1 aliphatic rings. The van der Waals surface area contributed by atoms with Crippen molar-refractivity contribution < 1.29 is 13.2 Å². The number of rotatable bonds is 6. The Morgan fingerprint density at radius 1 is 1.11 bits per heavy atom. The fraction of sp³-hybridized carbons (Fsp3) is 0.381. The first-order chi connectivity index (χ1) is 12.9. The minimum Gasteiger partial charge on any atom is -0.352 e. The van der Waals surface area contributed by atoms with Crippen molar-refractivity contribution in [2.24, 2.45) is 5.92 Å². The van der Waals surface area contributed by atoms with Crippen molar-refractivity contribution >= 4 is 15.9 Å². The van der Waals surface area contributed by atoms with Crippen LogP contribution < -0.4 is 5.32 Å². The fourth-order valence-corrected chi connectivity index (χ4v) is 4.66. The van der Waals surface area contributed by atoms with Crippen LogP contribution in [0.2, 0.25) is 0 Å². The molecule has 0 saturated heterocycles. The molecule has 0 saturated carbocycles. The average molecular weight is 387 g/mol. The Kier molecular flexibility index (Phi) is 5.97. The van der Waals surface area contributed by atoms with Crippen LogP contribution in [0.5, 0.6) is 0 Å². The molecule has 1 aliphatic heterocycles. The van der Waals surface area contributed by atoms with E-state index in [4.69, 9.17) is 0 Å². The molecule has 144 valence electrons. The lowest BCUT2D eigenvalue weighted by Crippen LogP contribution is -2.36. The molecule has 2 aromatic carbocycles. The Balaban J connectivity index is 1.77. The first-order valence-electron chi connectivity index (χ1n) is 9.33. The van der Waals surface area contributed by atoms with Crippen LogP contribution in [0.1, 0.15) is 41.8 Å². The number of sulfonamides is 1. The van der Waals surface area contributed by atoms with Gasteiger partial charge in [-0.3, -0.25) is 4.79 Å². The van der Waals surface area contributed by atoms with Gasteiger partial charge < -0.3 is 5.32 Å². The molecular formula is C21H26N2O3S. The second kappa shape index (κ2) is 8.23. The molecule has 5 nitrogen and oxygen atoms in total. The highest BCUT2D eigenvalue weighted by molar-refractivity contribution is 7.89. The first-order valence-corrected chi connectivity index (χ1v) is 10.8. The van der Waals surface area contributed by atoms with Gasteiger partial charge in [-0.15, -0.1) is 0 Å². The van der Waals surface area contributed by atoms with Crippen LogP contribution in [0.25, 0.3) is 0 Å². The smallest absolute Gasteiger partial charge is 0.251 e. The zero-order valence-electron chi connectivity index (χ0n) is 15.8. The third-order valence-corrected chi connectivity index (χ3v) is 6.68. The summed E-state index contributed by atoms with van der Waals surface area (Å²) < 4.78 is 27.6. The maximum atomic E-state index is 13.1. The molecular weight excluding hydrogens is 360 g/mol. The third kappa shape index (κ3) is 4.57. The van der Waals surface area contributed by atoms with Crippen molar-refractivity contribution in [1.82, 2.24) is 9.62 Å². The van der Waals surface area contributed by atoms with Gasteiger partial charge in [0.25, 0.3) is 5.91 Å². The molecule has 2 aromatic rings. The summed E-state index contributed by atoms with van der Waals surface area (Å²) in [6.07, 6.45) is 1.59. The normalized spacial score (nSPS) is 14.8. The topological polar surface area (TPSA) is 66.5 Å². The summed E-state index contributed by atoms with van der Waals surface area (Å²) in [7, 11) is -3.64. The molecule has 0 bridgehead atoms. The minimum absolute atomic E-state index is 0.165. The first kappa shape index (κ1) is 19.6. The molecule has 3 rings (SSSR count). The summed E-state index contributed by atoms with van der Waals surface area (Å²) in [5.41, 5.74) is 2.61. The van der Waals surface area contributed by atoms with Gasteiger partial charge in [-0.1, -0.05) is 44.2 Å². The zero-order valence-corrected chi connectivity index (χ0v) is 16.6. The molecule has 1 N–H and O–H groups in total. The van der Waals surface area contributed by atoms with Crippen molar-refractivity contribution in [3.8, 4) is 0 Å². The van der Waals surface area contributed by atoms with Gasteiger partial charge in [-0.2, -0.15) is 4.31 Å². The highest BCUT2D eigenvalue weighted by atomic mass is 32.2. The minimum atomic E-state index is -3.64. The van der Waals surface area contributed by atoms with Crippen LogP contribution in [0.3, 0.4) is 0 Å². The van der Waals surface area contributed by atoms with Crippen molar-refractivity contribution in [2.75, 3.05) is 13.1 Å². The highest BCUT2D eigenvalue weighted by Crippen LogP contribution is 2.25. The predicted molar refractivity (Wildman–Crippen MR) is 106 cm³/mol. The second-order valence-electron chi connectivity index (χ2n) is 7.32. The monoisotopic (exact) mass is 386 g/mol. The molecule has 6 heteroatoms. The van der Waals surface area contributed by atoms with Crippen LogP contribution in [0.15, 0.2) is 53.4 Å². The van der Waals surface area contributed by atoms with Gasteiger partial charge in [0, 0.05) is 25.2 Å². The number of benzene rings is 2. The van der Waals surface area contributed by atoms with Crippen LogP contribution in [0, 0.1) is 5.92 Å². The summed E-state index contributed by atoms with van der Waals surface area (Å²) >= 11 is 0. The van der Waals surface area contributed by atoms with Gasteiger partial charge in [0.2, 0.25) is 10.0 Å². The summed E-state index contributed by atoms with van der Waals surface area (Å²) in [4.78, 5) is 12.5. The van der Waals surface area contributed by atoms with E-state index in [1.165, 1.54) is 15.9 Å². The second-order valence-corrected chi connectivity index (χ2v) is 9.26. The fourth-order valence-electron chi connectivity index (χ4n) is 3.20. The molecule has 27 heavy (non-hydrogen) atoms. The lowest BCUT2D eigenvalue weighted by molar-refractivity contribution is 0.0952. The van der Waals surface area contributed by atoms with Crippen molar-refractivity contribution in [3.05, 3.63) is 65.2 Å². The lowest BCUT2D eigenvalue weighted by atomic mass is 10.0. The van der Waals surface area contributed by atoms with E-state index in [1.807, 2.05) is 24.3 Å². The number of hydrogen-bond acceptors (Lipinski definition) is 3. The van der Waals surface area contributed by atoms with E-state index in [2.05, 4.69) is 19.2 Å². The standard InChI is InChI=1S/C21H26N2O3S/c1-16(2)10-12-22-21(24)18-8-5-9-20(14-18)27(25,26)23-13-11-17-6-3-4-7-19(17)15-23/h3-9,14,16H,10-13,15H2,1-2H3,(H,22,24). The number of hydrogen-bond donors (Lipinski definition) is 1. The van der Waals surface area contributed by atoms with Crippen LogP contribution in [-0.2, 0) is 23.0 Å². The van der Waals surface area contributed by atoms with Gasteiger partial charge in [0.15, 0.2) is 0 Å². The summed E-state index contributed by atoms with van der Waals surface area (Å²) in [5.74, 6) is 0.260. The van der Waals surface area contributed by atoms with E-state index in [9.17, 15) is 13.2 Å². The van der Waals surface area contributed by atoms with E-state index in [1.54, 1.807) is 18.2 Å². The molecule has 1 heterocycles. The van der Waals surface area contributed by atoms with E-state index >= 15 is 0 Å². The van der Waals surface area contributed by atoms with Gasteiger partial charge in [-0.25, -0.2) is 8.42 Å². The molecule has 0 atom stereocenters. The van der Waals surface area contributed by atoms with Crippen molar-refractivity contribution in [2.45, 2.75) is 38.1 Å². The number of nitrogens with zero attached hydrogens (tertiary/aromatic N) is 1. The van der Waals surface area contributed by atoms with E-state index in [0.29, 0.717) is 37.5 Å². The number of carbonyl (C=O) groups excluding carboxylic acids is 1. The van der Waals surface area contributed by atoms with Gasteiger partial charge in [-0.05, 0) is 48.1 Å². The Bertz CT molecular complexity index is 923. The lowest BCUT2D eigenvalue weighted by Gasteiger charge is -2.28. The summed E-state index contributed by atoms with van der Waals surface area (Å²) in [6.45, 7) is 5.58. The number of nitrogens with one attached hydrogen (secondary N) is 1. The Hall–Kier alpha value is -2.18. The molecule has 0 aromatic heterocycles. The largest absolute Gasteiger partial charge is 0.352 e. The van der Waals surface area contributed by atoms with Crippen molar-refractivity contribution in [3.63, 3.8) is 0 Å². The van der Waals surface area contributed by atoms with Gasteiger partial charge >= 0.3 is 0 Å². The van der Waals surface area contributed by atoms with Gasteiger partial charge in [0.1, 0.15) is 0 Å². The summed E-state index contributed by atoms with van der Waals surface area (Å²) in [5, 5.41) is 2.85. The number of fused-ring (bicyclic) bond motifs is 1. The van der Waals surface area contributed by atoms with Crippen molar-refractivity contribution in [1.29, 1.82) is 0 Å². The third-order valence-electron chi connectivity index (χ3n) is 4.84. The molecule has 0 radical (unpaired) electrons. The van der Waals surface area contributed by atoms with Crippen LogP contribution >= 0.6 is 0 Å². The molecule has 0 aliphatic carbocycles. The Morgan fingerprint density at radius 3 is 2.59 bits per heavy atom. The SMILES string of the molecule is CC(C)CCNC(=O)c1cccc(S(=O)(=O)N2CCc3ccccc3C2)c1. The van der Waals surface area contributed by atoms with Gasteiger partial charge in [0.05, 0.1) is 4.90 Å². The maximum Gasteiger partial charge on any atom is 0.251 e. The number of amides is 1. The molecule has 1 amide bonds. The summed E-state index contributed by atoms with van der Waals surface area (Å²) in [6, 6.07) is 14.2. The average Bonchev–Trinajstić information content (AvgIpc) is 2.67. The Labute approximate surface area is 161 Å². The zero-order chi connectivity index (χ0) is 19.4. The highest BCUT2D eigenvalue weighted by Gasteiger charge is 2.28. The quantitative estimate of drug-likeness (QED) is 0.829. The number of carbonyl (C=O) groups is 1. The Morgan fingerprint density at radius 2 is 1.85 bits per heavy atom. The van der Waals surface area contributed by atoms with E-state index < -0.39 is 10.0 Å². The van der Waals surface area contributed by atoms with Crippen LogP contribution in [0.4, 0.5) is 0 Å². The molecule has 0 fully saturated rings. The van der Waals surface area contributed by atoms with E-state index in [0.717, 1.165) is 12.0 Å². The maximum absolute atomic E-state index is 13.1. The molecule has 0 unspecified atom stereocenters. The van der Waals surface area contributed by atoms with E-state index in [-0.39, 0.29) is 10.8 Å². The van der Waals surface area contributed by atoms with Crippen LogP contribution in [-0.4, -0.2) is 31.7 Å². The molecule has 0 spiro atoms. The predicted octanol–water partition coefficient (Wildman–Crippen LogP) is 3.21.